The highest BCUT2D eigenvalue weighted by molar-refractivity contribution is 5.86. The molecular formula is C13H23NO2. The molecular weight excluding hydrogens is 202 g/mol. The highest BCUT2D eigenvalue weighted by Gasteiger charge is 2.09. The van der Waals surface area contributed by atoms with Crippen molar-refractivity contribution in [3.05, 3.63) is 12.2 Å². The molecule has 0 atom stereocenters. The van der Waals surface area contributed by atoms with Crippen LogP contribution in [0.4, 0.5) is 0 Å². The Kier molecular flexibility index (Phi) is 6.16. The molecule has 0 unspecified atom stereocenters. The lowest BCUT2D eigenvalue weighted by Gasteiger charge is -2.24. The second kappa shape index (κ2) is 7.44. The minimum atomic E-state index is -0.271. The number of likely N-dealkylation sites (tertiary alicyclic amines) is 1. The molecule has 0 saturated carbocycles. The van der Waals surface area contributed by atoms with Crippen molar-refractivity contribution in [1.82, 2.24) is 4.90 Å². The molecule has 1 fully saturated rings. The molecule has 0 aromatic carbocycles. The Balaban J connectivity index is 2.15. The standard InChI is InChI=1S/C13H23NO2/c1-12(2)13(15)16-11-10-14-8-6-4-3-5-7-9-14/h1,3-11H2,2H3. The van der Waals surface area contributed by atoms with E-state index in [1.807, 2.05) is 0 Å². The maximum absolute atomic E-state index is 11.2. The Morgan fingerprint density at radius 3 is 2.31 bits per heavy atom. The zero-order valence-electron chi connectivity index (χ0n) is 10.3. The summed E-state index contributed by atoms with van der Waals surface area (Å²) in [5.74, 6) is -0.271. The van der Waals surface area contributed by atoms with E-state index in [2.05, 4.69) is 11.5 Å². The van der Waals surface area contributed by atoms with Crippen molar-refractivity contribution in [2.45, 2.75) is 39.0 Å². The maximum Gasteiger partial charge on any atom is 0.333 e. The normalized spacial score (nSPS) is 18.6. The number of rotatable bonds is 4. The number of carbonyl (C=O) groups excluding carboxylic acids is 1. The van der Waals surface area contributed by atoms with Crippen LogP contribution in [0.5, 0.6) is 0 Å². The monoisotopic (exact) mass is 225 g/mol. The Morgan fingerprint density at radius 2 is 1.75 bits per heavy atom. The number of nitrogens with zero attached hydrogens (tertiary/aromatic N) is 1. The lowest BCUT2D eigenvalue weighted by molar-refractivity contribution is -0.139. The van der Waals surface area contributed by atoms with E-state index in [-0.39, 0.29) is 5.97 Å². The van der Waals surface area contributed by atoms with Crippen LogP contribution >= 0.6 is 0 Å². The molecule has 0 N–H and O–H groups in total. The molecule has 3 heteroatoms. The Morgan fingerprint density at radius 1 is 1.19 bits per heavy atom. The third-order valence-electron chi connectivity index (χ3n) is 2.94. The van der Waals surface area contributed by atoms with Crippen LogP contribution < -0.4 is 0 Å². The minimum absolute atomic E-state index is 0.271. The zero-order valence-corrected chi connectivity index (χ0v) is 10.3. The number of hydrogen-bond acceptors (Lipinski definition) is 3. The van der Waals surface area contributed by atoms with Crippen LogP contribution in [-0.4, -0.2) is 37.1 Å². The summed E-state index contributed by atoms with van der Waals surface area (Å²) < 4.78 is 5.10. The smallest absolute Gasteiger partial charge is 0.333 e. The Bertz CT molecular complexity index is 230. The van der Waals surface area contributed by atoms with E-state index in [1.165, 1.54) is 32.1 Å². The van der Waals surface area contributed by atoms with E-state index < -0.39 is 0 Å². The molecule has 1 aliphatic rings. The van der Waals surface area contributed by atoms with Gasteiger partial charge in [-0.25, -0.2) is 4.79 Å². The molecule has 0 bridgehead atoms. The highest BCUT2D eigenvalue weighted by atomic mass is 16.5. The molecule has 92 valence electrons. The first kappa shape index (κ1) is 13.2. The van der Waals surface area contributed by atoms with Crippen LogP contribution in [0.3, 0.4) is 0 Å². The topological polar surface area (TPSA) is 29.5 Å². The first-order valence-corrected chi connectivity index (χ1v) is 6.25. The fraction of sp³-hybridized carbons (Fsp3) is 0.769. The van der Waals surface area contributed by atoms with Crippen molar-refractivity contribution < 1.29 is 9.53 Å². The molecule has 16 heavy (non-hydrogen) atoms. The van der Waals surface area contributed by atoms with Crippen LogP contribution in [0.15, 0.2) is 12.2 Å². The van der Waals surface area contributed by atoms with Gasteiger partial charge in [0.25, 0.3) is 0 Å². The minimum Gasteiger partial charge on any atom is -0.461 e. The predicted molar refractivity (Wildman–Crippen MR) is 65.3 cm³/mol. The Hall–Kier alpha value is -0.830. The van der Waals surface area contributed by atoms with Crippen LogP contribution in [0.25, 0.3) is 0 Å². The van der Waals surface area contributed by atoms with Crippen LogP contribution in [0, 0.1) is 0 Å². The van der Waals surface area contributed by atoms with Gasteiger partial charge in [0.15, 0.2) is 0 Å². The molecule has 3 nitrogen and oxygen atoms in total. The summed E-state index contributed by atoms with van der Waals surface area (Å²) in [6, 6.07) is 0. The molecule has 1 saturated heterocycles. The fourth-order valence-corrected chi connectivity index (χ4v) is 1.93. The van der Waals surface area contributed by atoms with Crippen LogP contribution in [0.2, 0.25) is 0 Å². The van der Waals surface area contributed by atoms with Gasteiger partial charge in [-0.05, 0) is 32.9 Å². The van der Waals surface area contributed by atoms with E-state index in [0.29, 0.717) is 12.2 Å². The van der Waals surface area contributed by atoms with Gasteiger partial charge in [0.2, 0.25) is 0 Å². The van der Waals surface area contributed by atoms with E-state index in [1.54, 1.807) is 6.92 Å². The van der Waals surface area contributed by atoms with E-state index in [9.17, 15) is 4.79 Å². The number of ether oxygens (including phenoxy) is 1. The summed E-state index contributed by atoms with van der Waals surface area (Å²) in [6.07, 6.45) is 6.59. The van der Waals surface area contributed by atoms with Crippen molar-refractivity contribution in [2.75, 3.05) is 26.2 Å². The van der Waals surface area contributed by atoms with Crippen molar-refractivity contribution in [1.29, 1.82) is 0 Å². The van der Waals surface area contributed by atoms with Crippen molar-refractivity contribution >= 4 is 5.97 Å². The molecule has 0 aromatic rings. The van der Waals surface area contributed by atoms with Gasteiger partial charge in [0.1, 0.15) is 6.61 Å². The average Bonchev–Trinajstić information content (AvgIpc) is 2.20. The predicted octanol–water partition coefficient (Wildman–Crippen LogP) is 2.37. The molecule has 0 spiro atoms. The summed E-state index contributed by atoms with van der Waals surface area (Å²) >= 11 is 0. The van der Waals surface area contributed by atoms with E-state index >= 15 is 0 Å². The molecule has 1 rings (SSSR count). The first-order valence-electron chi connectivity index (χ1n) is 6.25. The van der Waals surface area contributed by atoms with Gasteiger partial charge < -0.3 is 4.74 Å². The summed E-state index contributed by atoms with van der Waals surface area (Å²) in [6.45, 7) is 8.88. The molecule has 0 amide bonds. The molecule has 0 radical (unpaired) electrons. The molecule has 1 heterocycles. The molecule has 1 aliphatic heterocycles. The van der Waals surface area contributed by atoms with Gasteiger partial charge in [-0.1, -0.05) is 25.8 Å². The van der Waals surface area contributed by atoms with E-state index in [4.69, 9.17) is 4.74 Å². The largest absolute Gasteiger partial charge is 0.461 e. The Labute approximate surface area is 98.5 Å². The summed E-state index contributed by atoms with van der Waals surface area (Å²) in [4.78, 5) is 13.6. The fourth-order valence-electron chi connectivity index (χ4n) is 1.93. The van der Waals surface area contributed by atoms with Crippen LogP contribution in [-0.2, 0) is 9.53 Å². The van der Waals surface area contributed by atoms with Crippen molar-refractivity contribution in [2.24, 2.45) is 0 Å². The third kappa shape index (κ3) is 5.31. The summed E-state index contributed by atoms with van der Waals surface area (Å²) in [7, 11) is 0. The third-order valence-corrected chi connectivity index (χ3v) is 2.94. The SMILES string of the molecule is C=C(C)C(=O)OCCN1CCCCCCC1. The van der Waals surface area contributed by atoms with Crippen molar-refractivity contribution in [3.8, 4) is 0 Å². The van der Waals surface area contributed by atoms with Gasteiger partial charge >= 0.3 is 5.97 Å². The first-order chi connectivity index (χ1) is 7.70. The number of esters is 1. The van der Waals surface area contributed by atoms with Gasteiger partial charge in [-0.3, -0.25) is 4.90 Å². The van der Waals surface area contributed by atoms with Crippen molar-refractivity contribution in [3.63, 3.8) is 0 Å². The molecule has 0 aromatic heterocycles. The number of hydrogen-bond donors (Lipinski definition) is 0. The highest BCUT2D eigenvalue weighted by Crippen LogP contribution is 2.10. The lowest BCUT2D eigenvalue weighted by Crippen LogP contribution is -2.31. The summed E-state index contributed by atoms with van der Waals surface area (Å²) in [5, 5.41) is 0. The van der Waals surface area contributed by atoms with Crippen LogP contribution in [0.1, 0.15) is 39.0 Å². The maximum atomic E-state index is 11.2. The average molecular weight is 225 g/mol. The number of carbonyl (C=O) groups is 1. The quantitative estimate of drug-likeness (QED) is 0.543. The van der Waals surface area contributed by atoms with Gasteiger partial charge in [0, 0.05) is 12.1 Å². The second-order valence-electron chi connectivity index (χ2n) is 4.53. The van der Waals surface area contributed by atoms with Gasteiger partial charge in [0.05, 0.1) is 0 Å². The molecule has 0 aliphatic carbocycles. The lowest BCUT2D eigenvalue weighted by atomic mass is 10.1. The van der Waals surface area contributed by atoms with E-state index in [0.717, 1.165) is 19.6 Å². The zero-order chi connectivity index (χ0) is 11.8. The van der Waals surface area contributed by atoms with Gasteiger partial charge in [-0.2, -0.15) is 0 Å². The van der Waals surface area contributed by atoms with Gasteiger partial charge in [-0.15, -0.1) is 0 Å². The second-order valence-corrected chi connectivity index (χ2v) is 4.53. The summed E-state index contributed by atoms with van der Waals surface area (Å²) in [5.41, 5.74) is 0.479.